The Kier molecular flexibility index (Phi) is 8.80. The number of rotatable bonds is 8. The van der Waals surface area contributed by atoms with Crippen LogP contribution in [0.2, 0.25) is 0 Å². The zero-order chi connectivity index (χ0) is 37.6. The predicted octanol–water partition coefficient (Wildman–Crippen LogP) is 8.49. The lowest BCUT2D eigenvalue weighted by molar-refractivity contribution is 0.0972. The van der Waals surface area contributed by atoms with Gasteiger partial charge in [0, 0.05) is 54.6 Å². The largest absolute Gasteiger partial charge is 0.508 e. The molecular formula is C45H39N3O7. The van der Waals surface area contributed by atoms with E-state index >= 15 is 0 Å². The molecule has 5 aromatic carbocycles. The number of Topliss-reactive ketones (excluding diaryl/α,β-unsaturated/α-hetero) is 1. The Bertz CT molecular complexity index is 2420. The van der Waals surface area contributed by atoms with E-state index in [0.29, 0.717) is 69.5 Å². The molecule has 276 valence electrons. The summed E-state index contributed by atoms with van der Waals surface area (Å²) in [4.78, 5) is 38.6. The summed E-state index contributed by atoms with van der Waals surface area (Å²) >= 11 is 0. The zero-order valence-corrected chi connectivity index (χ0v) is 30.5. The normalized spacial score (nSPS) is 19.7. The number of hydrogen-bond acceptors (Lipinski definition) is 9. The second-order valence-corrected chi connectivity index (χ2v) is 14.4. The Morgan fingerprint density at radius 3 is 2.07 bits per heavy atom. The first-order valence-electron chi connectivity index (χ1n) is 18.5. The van der Waals surface area contributed by atoms with Gasteiger partial charge in [-0.2, -0.15) is 0 Å². The quantitative estimate of drug-likeness (QED) is 0.170. The van der Waals surface area contributed by atoms with Gasteiger partial charge in [-0.05, 0) is 83.0 Å². The molecule has 10 heteroatoms. The maximum atomic E-state index is 13.8. The number of hydrogen-bond donors (Lipinski definition) is 1. The molecule has 1 unspecified atom stereocenters. The van der Waals surface area contributed by atoms with Crippen molar-refractivity contribution in [2.24, 2.45) is 15.9 Å². The summed E-state index contributed by atoms with van der Waals surface area (Å²) in [5.41, 5.74) is 8.01. The maximum absolute atomic E-state index is 13.8. The number of carbonyl (C=O) groups excluding carboxylic acids is 2. The van der Waals surface area contributed by atoms with E-state index in [2.05, 4.69) is 24.3 Å². The first-order valence-corrected chi connectivity index (χ1v) is 18.5. The molecule has 0 saturated heterocycles. The highest BCUT2D eigenvalue weighted by Crippen LogP contribution is 2.44. The van der Waals surface area contributed by atoms with Gasteiger partial charge in [0.2, 0.25) is 0 Å². The number of anilines is 1. The van der Waals surface area contributed by atoms with Gasteiger partial charge in [-0.25, -0.2) is 0 Å². The molecule has 0 aromatic heterocycles. The van der Waals surface area contributed by atoms with Gasteiger partial charge in [-0.15, -0.1) is 0 Å². The Morgan fingerprint density at radius 2 is 1.35 bits per heavy atom. The summed E-state index contributed by atoms with van der Waals surface area (Å²) in [6, 6.07) is 28.2. The summed E-state index contributed by atoms with van der Waals surface area (Å²) in [6.07, 6.45) is 6.59. The van der Waals surface area contributed by atoms with Crippen molar-refractivity contribution in [2.75, 3.05) is 19.1 Å². The number of amides is 1. The van der Waals surface area contributed by atoms with Crippen LogP contribution in [0.25, 0.3) is 0 Å². The Morgan fingerprint density at radius 1 is 0.709 bits per heavy atom. The molecule has 0 spiro atoms. The number of benzene rings is 5. The fourth-order valence-electron chi connectivity index (χ4n) is 8.40. The van der Waals surface area contributed by atoms with Crippen LogP contribution in [-0.2, 0) is 26.1 Å². The van der Waals surface area contributed by atoms with E-state index in [0.717, 1.165) is 24.1 Å². The second kappa shape index (κ2) is 14.1. The van der Waals surface area contributed by atoms with Gasteiger partial charge in [0.25, 0.3) is 5.91 Å². The SMILES string of the molecule is COc1cc2c(cc1OCc1cc(O)cc(COc3cc4c(cc3OC)C(=O)CCC3c5ccccc5C[C@H]3/C=N\4)c1)N=C[C@@H]1Cc3ccccc3N1C2=O. The van der Waals surface area contributed by atoms with E-state index in [9.17, 15) is 14.7 Å². The van der Waals surface area contributed by atoms with E-state index in [1.165, 1.54) is 18.2 Å². The highest BCUT2D eigenvalue weighted by atomic mass is 16.5. The third-order valence-corrected chi connectivity index (χ3v) is 11.1. The highest BCUT2D eigenvalue weighted by molar-refractivity contribution is 6.14. The number of para-hydroxylation sites is 1. The third kappa shape index (κ3) is 6.37. The van der Waals surface area contributed by atoms with Crippen molar-refractivity contribution < 1.29 is 33.6 Å². The minimum atomic E-state index is -0.172. The van der Waals surface area contributed by atoms with E-state index in [1.807, 2.05) is 42.8 Å². The van der Waals surface area contributed by atoms with Crippen molar-refractivity contribution in [3.8, 4) is 28.7 Å². The minimum Gasteiger partial charge on any atom is -0.508 e. The van der Waals surface area contributed by atoms with Gasteiger partial charge in [0.1, 0.15) is 19.0 Å². The molecule has 1 amide bonds. The van der Waals surface area contributed by atoms with Crippen LogP contribution in [0, 0.1) is 5.92 Å². The molecule has 55 heavy (non-hydrogen) atoms. The monoisotopic (exact) mass is 733 g/mol. The van der Waals surface area contributed by atoms with Gasteiger partial charge >= 0.3 is 0 Å². The summed E-state index contributed by atoms with van der Waals surface area (Å²) < 4.78 is 23.8. The van der Waals surface area contributed by atoms with E-state index < -0.39 is 0 Å². The third-order valence-electron chi connectivity index (χ3n) is 11.1. The lowest BCUT2D eigenvalue weighted by Gasteiger charge is -2.22. The average Bonchev–Trinajstić information content (AvgIpc) is 3.73. The molecule has 4 aliphatic rings. The summed E-state index contributed by atoms with van der Waals surface area (Å²) in [6.45, 7) is 0.204. The zero-order valence-electron chi connectivity index (χ0n) is 30.5. The number of aromatic hydroxyl groups is 1. The van der Waals surface area contributed by atoms with Crippen molar-refractivity contribution in [3.63, 3.8) is 0 Å². The van der Waals surface area contributed by atoms with Gasteiger partial charge in [-0.1, -0.05) is 42.5 Å². The van der Waals surface area contributed by atoms with Crippen molar-refractivity contribution in [1.82, 2.24) is 0 Å². The molecule has 3 heterocycles. The maximum Gasteiger partial charge on any atom is 0.261 e. The van der Waals surface area contributed by atoms with Crippen molar-refractivity contribution in [1.29, 1.82) is 0 Å². The molecule has 0 fully saturated rings. The minimum absolute atomic E-state index is 0.0234. The lowest BCUT2D eigenvalue weighted by atomic mass is 9.88. The fourth-order valence-corrected chi connectivity index (χ4v) is 8.40. The van der Waals surface area contributed by atoms with Crippen molar-refractivity contribution in [2.45, 2.75) is 50.9 Å². The molecule has 9 rings (SSSR count). The van der Waals surface area contributed by atoms with Crippen LogP contribution < -0.4 is 23.8 Å². The van der Waals surface area contributed by atoms with E-state index in [-0.39, 0.29) is 48.5 Å². The molecule has 10 nitrogen and oxygen atoms in total. The lowest BCUT2D eigenvalue weighted by Crippen LogP contribution is -2.37. The number of ether oxygens (including phenoxy) is 4. The number of nitrogens with zero attached hydrogens (tertiary/aromatic N) is 3. The molecule has 1 aliphatic carbocycles. The highest BCUT2D eigenvalue weighted by Gasteiger charge is 2.37. The molecule has 3 atom stereocenters. The van der Waals surface area contributed by atoms with Crippen LogP contribution in [0.4, 0.5) is 17.1 Å². The number of phenols is 1. The molecule has 0 bridgehead atoms. The number of phenolic OH excluding ortho intramolecular Hbond substituents is 1. The smallest absolute Gasteiger partial charge is 0.261 e. The predicted molar refractivity (Wildman–Crippen MR) is 210 cm³/mol. The number of carbonyl (C=O) groups is 2. The molecule has 0 radical (unpaired) electrons. The number of methoxy groups -OCH3 is 2. The van der Waals surface area contributed by atoms with Crippen LogP contribution in [-0.4, -0.2) is 49.5 Å². The van der Waals surface area contributed by atoms with E-state index in [1.54, 1.807) is 48.4 Å². The Labute approximate surface area is 318 Å². The van der Waals surface area contributed by atoms with Crippen LogP contribution in [0.3, 0.4) is 0 Å². The van der Waals surface area contributed by atoms with Gasteiger partial charge in [0.15, 0.2) is 28.8 Å². The molecule has 1 N–H and O–H groups in total. The van der Waals surface area contributed by atoms with Gasteiger partial charge in [0.05, 0.1) is 37.2 Å². The van der Waals surface area contributed by atoms with Crippen LogP contribution >= 0.6 is 0 Å². The molecule has 0 saturated carbocycles. The summed E-state index contributed by atoms with van der Waals surface area (Å²) in [5.74, 6) is 2.08. The van der Waals surface area contributed by atoms with Crippen molar-refractivity contribution >= 4 is 41.2 Å². The summed E-state index contributed by atoms with van der Waals surface area (Å²) in [7, 11) is 3.07. The Hall–Kier alpha value is -6.42. The standard InChI is InChI=1S/C45H39N3O7/c1-52-41-18-35-37(46-22-30-16-28-7-3-5-9-33(28)34(30)11-12-40(35)50)20-43(41)54-24-26-13-27(15-32(49)14-26)25-55-44-21-38-36(19-42(44)53-2)45(51)48-31(23-47-38)17-29-8-4-6-10-39(29)48/h3-10,13-15,18-23,30-31,34,49H,11-12,16-17,24-25H2,1-2H3/b46-22-/t30-,31-,34?/m0/s1. The average molecular weight is 734 g/mol. The molecule has 5 aromatic rings. The first kappa shape index (κ1) is 34.4. The second-order valence-electron chi connectivity index (χ2n) is 14.4. The molecular weight excluding hydrogens is 695 g/mol. The number of aliphatic imine (C=N–C) groups is 2. The molecule has 3 aliphatic heterocycles. The first-order chi connectivity index (χ1) is 26.9. The number of ketones is 1. The Balaban J connectivity index is 0.923. The van der Waals surface area contributed by atoms with Crippen LogP contribution in [0.1, 0.15) is 67.3 Å². The topological polar surface area (TPSA) is 119 Å². The number of fused-ring (bicyclic) bond motifs is 8. The van der Waals surface area contributed by atoms with Gasteiger partial charge < -0.3 is 24.1 Å². The van der Waals surface area contributed by atoms with Gasteiger partial charge in [-0.3, -0.25) is 24.5 Å². The van der Waals surface area contributed by atoms with Crippen molar-refractivity contribution in [3.05, 3.63) is 130 Å². The van der Waals surface area contributed by atoms with Crippen LogP contribution in [0.5, 0.6) is 28.7 Å². The summed E-state index contributed by atoms with van der Waals surface area (Å²) in [5, 5.41) is 10.7. The van der Waals surface area contributed by atoms with E-state index in [4.69, 9.17) is 28.9 Å². The van der Waals surface area contributed by atoms with Crippen LogP contribution in [0.15, 0.2) is 101 Å². The fraction of sp³-hybridized carbons (Fsp3) is 0.244.